The summed E-state index contributed by atoms with van der Waals surface area (Å²) in [6.07, 6.45) is 11.5. The van der Waals surface area contributed by atoms with Crippen LogP contribution in [0.1, 0.15) is 61.9 Å². The van der Waals surface area contributed by atoms with Gasteiger partial charge in [0, 0.05) is 30.4 Å². The molecular weight excluding hydrogens is 348 g/mol. The lowest BCUT2D eigenvalue weighted by atomic mass is 9.92. The molecule has 5 heteroatoms. The molecule has 1 amide bonds. The van der Waals surface area contributed by atoms with Gasteiger partial charge in [0.15, 0.2) is 0 Å². The van der Waals surface area contributed by atoms with Gasteiger partial charge in [-0.2, -0.15) is 0 Å². The number of rotatable bonds is 5. The second-order valence-corrected chi connectivity index (χ2v) is 8.03. The lowest BCUT2D eigenvalue weighted by Crippen LogP contribution is -2.45. The molecule has 0 aliphatic heterocycles. The van der Waals surface area contributed by atoms with Crippen LogP contribution in [0, 0.1) is 0 Å². The maximum absolute atomic E-state index is 13.2. The van der Waals surface area contributed by atoms with Gasteiger partial charge in [0.05, 0.1) is 23.6 Å². The van der Waals surface area contributed by atoms with Gasteiger partial charge in [-0.1, -0.05) is 31.4 Å². The van der Waals surface area contributed by atoms with Crippen LogP contribution in [0.2, 0.25) is 0 Å². The Morgan fingerprint density at radius 3 is 2.61 bits per heavy atom. The zero-order valence-corrected chi connectivity index (χ0v) is 16.7. The number of pyridine rings is 1. The highest BCUT2D eigenvalue weighted by molar-refractivity contribution is 5.94. The molecule has 0 saturated heterocycles. The van der Waals surface area contributed by atoms with E-state index in [0.717, 1.165) is 35.0 Å². The van der Waals surface area contributed by atoms with E-state index in [1.165, 1.54) is 19.3 Å². The third-order valence-electron chi connectivity index (χ3n) is 5.74. The smallest absolute Gasteiger partial charge is 0.254 e. The monoisotopic (exact) mass is 376 g/mol. The van der Waals surface area contributed by atoms with Gasteiger partial charge < -0.3 is 9.47 Å². The molecule has 4 rings (SSSR count). The quantitative estimate of drug-likeness (QED) is 0.650. The topological polar surface area (TPSA) is 51.0 Å². The molecule has 0 bridgehead atoms. The Bertz CT molecular complexity index is 939. The van der Waals surface area contributed by atoms with Gasteiger partial charge >= 0.3 is 0 Å². The minimum Gasteiger partial charge on any atom is -0.333 e. The highest BCUT2D eigenvalue weighted by Crippen LogP contribution is 2.26. The van der Waals surface area contributed by atoms with E-state index >= 15 is 0 Å². The van der Waals surface area contributed by atoms with Crippen molar-refractivity contribution in [2.75, 3.05) is 0 Å². The molecule has 0 unspecified atom stereocenters. The van der Waals surface area contributed by atoms with Crippen molar-refractivity contribution in [2.45, 2.75) is 64.6 Å². The molecule has 1 aliphatic carbocycles. The average molecular weight is 377 g/mol. The van der Waals surface area contributed by atoms with Gasteiger partial charge in [-0.25, -0.2) is 4.98 Å². The molecule has 0 N–H and O–H groups in total. The Labute approximate surface area is 166 Å². The first-order chi connectivity index (χ1) is 13.6. The molecule has 1 saturated carbocycles. The molecule has 28 heavy (non-hydrogen) atoms. The Hall–Kier alpha value is -2.69. The van der Waals surface area contributed by atoms with Crippen molar-refractivity contribution in [3.8, 4) is 0 Å². The zero-order chi connectivity index (χ0) is 19.5. The minimum atomic E-state index is 0.158. The molecule has 1 aliphatic rings. The number of hydrogen-bond donors (Lipinski definition) is 0. The summed E-state index contributed by atoms with van der Waals surface area (Å²) in [6, 6.07) is 10.6. The molecule has 0 spiro atoms. The SMILES string of the molecule is CC(C)N(C(=O)c1ccc(Cn2cnc3ccncc32)cc1)C1CCCCC1. The summed E-state index contributed by atoms with van der Waals surface area (Å²) < 4.78 is 2.08. The largest absolute Gasteiger partial charge is 0.333 e. The summed E-state index contributed by atoms with van der Waals surface area (Å²) in [6.45, 7) is 4.96. The Morgan fingerprint density at radius 1 is 1.14 bits per heavy atom. The summed E-state index contributed by atoms with van der Waals surface area (Å²) in [5.41, 5.74) is 3.89. The van der Waals surface area contributed by atoms with Crippen molar-refractivity contribution in [1.29, 1.82) is 0 Å². The molecule has 0 atom stereocenters. The number of nitrogens with zero attached hydrogens (tertiary/aromatic N) is 4. The predicted molar refractivity (Wildman–Crippen MR) is 111 cm³/mol. The van der Waals surface area contributed by atoms with Crippen LogP contribution in [-0.4, -0.2) is 37.4 Å². The number of carbonyl (C=O) groups excluding carboxylic acids is 1. The van der Waals surface area contributed by atoms with Crippen molar-refractivity contribution in [3.05, 3.63) is 60.2 Å². The van der Waals surface area contributed by atoms with E-state index in [1.807, 2.05) is 30.7 Å². The first-order valence-corrected chi connectivity index (χ1v) is 10.3. The Morgan fingerprint density at radius 2 is 1.89 bits per heavy atom. The van der Waals surface area contributed by atoms with E-state index in [4.69, 9.17) is 0 Å². The number of imidazole rings is 1. The lowest BCUT2D eigenvalue weighted by Gasteiger charge is -2.37. The summed E-state index contributed by atoms with van der Waals surface area (Å²) >= 11 is 0. The maximum Gasteiger partial charge on any atom is 0.254 e. The van der Waals surface area contributed by atoms with E-state index in [2.05, 4.69) is 45.4 Å². The molecule has 0 radical (unpaired) electrons. The van der Waals surface area contributed by atoms with Gasteiger partial charge in [0.1, 0.15) is 0 Å². The van der Waals surface area contributed by atoms with Crippen LogP contribution in [0.4, 0.5) is 0 Å². The highest BCUT2D eigenvalue weighted by atomic mass is 16.2. The molecule has 2 aromatic heterocycles. The summed E-state index contributed by atoms with van der Waals surface area (Å²) in [7, 11) is 0. The standard InChI is InChI=1S/C23H28N4O/c1-17(2)27(20-6-4-3-5-7-20)23(28)19-10-8-18(9-11-19)15-26-16-25-21-12-13-24-14-22(21)26/h8-14,16-17,20H,3-7,15H2,1-2H3. The van der Waals surface area contributed by atoms with Crippen LogP contribution in [0.5, 0.6) is 0 Å². The third-order valence-corrected chi connectivity index (χ3v) is 5.74. The minimum absolute atomic E-state index is 0.158. The first kappa shape index (κ1) is 18.7. The van der Waals surface area contributed by atoms with Crippen molar-refractivity contribution in [2.24, 2.45) is 0 Å². The molecule has 1 fully saturated rings. The predicted octanol–water partition coefficient (Wildman–Crippen LogP) is 4.66. The van der Waals surface area contributed by atoms with Gasteiger partial charge in [-0.3, -0.25) is 9.78 Å². The van der Waals surface area contributed by atoms with Crippen LogP contribution >= 0.6 is 0 Å². The molecule has 5 nitrogen and oxygen atoms in total. The molecular formula is C23H28N4O. The fourth-order valence-electron chi connectivity index (χ4n) is 4.31. The van der Waals surface area contributed by atoms with E-state index in [1.54, 1.807) is 6.20 Å². The number of benzene rings is 1. The first-order valence-electron chi connectivity index (χ1n) is 10.3. The van der Waals surface area contributed by atoms with Crippen LogP contribution in [0.25, 0.3) is 11.0 Å². The number of fused-ring (bicyclic) bond motifs is 1. The van der Waals surface area contributed by atoms with Crippen molar-refractivity contribution in [3.63, 3.8) is 0 Å². The zero-order valence-electron chi connectivity index (χ0n) is 16.7. The molecule has 146 valence electrons. The second kappa shape index (κ2) is 8.13. The number of aromatic nitrogens is 3. The number of amides is 1. The van der Waals surface area contributed by atoms with Crippen molar-refractivity contribution < 1.29 is 4.79 Å². The van der Waals surface area contributed by atoms with Gasteiger partial charge in [0.25, 0.3) is 5.91 Å². The van der Waals surface area contributed by atoms with E-state index in [0.29, 0.717) is 12.6 Å². The van der Waals surface area contributed by atoms with Gasteiger partial charge in [0.2, 0.25) is 0 Å². The lowest BCUT2D eigenvalue weighted by molar-refractivity contribution is 0.0555. The molecule has 1 aromatic carbocycles. The summed E-state index contributed by atoms with van der Waals surface area (Å²) in [4.78, 5) is 23.9. The van der Waals surface area contributed by atoms with Gasteiger partial charge in [-0.15, -0.1) is 0 Å². The molecule has 3 aromatic rings. The van der Waals surface area contributed by atoms with Crippen LogP contribution in [-0.2, 0) is 6.54 Å². The third kappa shape index (κ3) is 3.79. The van der Waals surface area contributed by atoms with E-state index in [9.17, 15) is 4.79 Å². The fraction of sp³-hybridized carbons (Fsp3) is 0.435. The van der Waals surface area contributed by atoms with Crippen molar-refractivity contribution in [1.82, 2.24) is 19.4 Å². The van der Waals surface area contributed by atoms with Crippen molar-refractivity contribution >= 4 is 16.9 Å². The number of carbonyl (C=O) groups is 1. The fourth-order valence-corrected chi connectivity index (χ4v) is 4.31. The highest BCUT2D eigenvalue weighted by Gasteiger charge is 2.28. The van der Waals surface area contributed by atoms with Crippen LogP contribution in [0.15, 0.2) is 49.1 Å². The normalized spacial score (nSPS) is 15.2. The Kier molecular flexibility index (Phi) is 5.42. The average Bonchev–Trinajstić information content (AvgIpc) is 3.12. The summed E-state index contributed by atoms with van der Waals surface area (Å²) in [5, 5.41) is 0. The number of hydrogen-bond acceptors (Lipinski definition) is 3. The van der Waals surface area contributed by atoms with Crippen LogP contribution in [0.3, 0.4) is 0 Å². The molecule has 2 heterocycles. The summed E-state index contributed by atoms with van der Waals surface area (Å²) in [5.74, 6) is 0.158. The van der Waals surface area contributed by atoms with E-state index in [-0.39, 0.29) is 11.9 Å². The maximum atomic E-state index is 13.2. The Balaban J connectivity index is 1.51. The van der Waals surface area contributed by atoms with E-state index < -0.39 is 0 Å². The van der Waals surface area contributed by atoms with Crippen LogP contribution < -0.4 is 0 Å². The second-order valence-electron chi connectivity index (χ2n) is 8.03. The van der Waals surface area contributed by atoms with Gasteiger partial charge in [-0.05, 0) is 50.5 Å².